The molecule has 0 aliphatic heterocycles. The van der Waals surface area contributed by atoms with Crippen molar-refractivity contribution in [3.05, 3.63) is 38.4 Å². The van der Waals surface area contributed by atoms with Crippen LogP contribution in [0.4, 0.5) is 17.1 Å². The van der Waals surface area contributed by atoms with Crippen LogP contribution in [0.25, 0.3) is 0 Å². The first-order valence-corrected chi connectivity index (χ1v) is 16.4. The number of nitrogens with one attached hydrogen (secondary N) is 1. The molecule has 0 saturated heterocycles. The van der Waals surface area contributed by atoms with Crippen molar-refractivity contribution in [1.29, 1.82) is 0 Å². The van der Waals surface area contributed by atoms with Crippen LogP contribution in [0, 0.1) is 20.2 Å². The molecule has 1 aromatic carbocycles. The molecule has 0 aliphatic carbocycles. The summed E-state index contributed by atoms with van der Waals surface area (Å²) in [6.07, 6.45) is 4.69. The summed E-state index contributed by atoms with van der Waals surface area (Å²) < 4.78 is 48.5. The van der Waals surface area contributed by atoms with E-state index >= 15 is 0 Å². The molecule has 0 aromatic heterocycles. The Morgan fingerprint density at radius 2 is 1.04 bits per heavy atom. The Morgan fingerprint density at radius 1 is 0.604 bits per heavy atom. The fraction of sp³-hybridized carbons (Fsp3) is 0.774. The smallest absolute Gasteiger partial charge is 0.305 e. The van der Waals surface area contributed by atoms with Crippen LogP contribution in [0.5, 0.6) is 0 Å². The van der Waals surface area contributed by atoms with E-state index in [-0.39, 0.29) is 42.8 Å². The summed E-state index contributed by atoms with van der Waals surface area (Å²) in [5.74, 6) is -0.168. The van der Waals surface area contributed by atoms with Gasteiger partial charge in [0.1, 0.15) is 12.3 Å². The van der Waals surface area contributed by atoms with Gasteiger partial charge in [-0.3, -0.25) is 25.0 Å². The molecule has 1 aromatic rings. The molecule has 0 spiro atoms. The van der Waals surface area contributed by atoms with Gasteiger partial charge in [-0.25, -0.2) is 0 Å². The van der Waals surface area contributed by atoms with Gasteiger partial charge < -0.3 is 47.9 Å². The first-order chi connectivity index (χ1) is 23.5. The Balaban J connectivity index is 1.75. The van der Waals surface area contributed by atoms with Crippen molar-refractivity contribution in [1.82, 2.24) is 0 Å². The van der Waals surface area contributed by atoms with Gasteiger partial charge in [0.2, 0.25) is 0 Å². The number of rotatable bonds is 35. The van der Waals surface area contributed by atoms with Gasteiger partial charge in [0.25, 0.3) is 11.4 Å². The lowest BCUT2D eigenvalue weighted by Crippen LogP contribution is -2.16. The van der Waals surface area contributed by atoms with Crippen molar-refractivity contribution in [3.8, 4) is 0 Å². The second-order valence-electron chi connectivity index (χ2n) is 10.1. The number of carbonyl (C=O) groups is 1. The van der Waals surface area contributed by atoms with Crippen LogP contribution in [0.15, 0.2) is 18.2 Å². The molecule has 17 heteroatoms. The third-order valence-electron chi connectivity index (χ3n) is 6.28. The molecule has 0 bridgehead atoms. The summed E-state index contributed by atoms with van der Waals surface area (Å²) in [6, 6.07) is 3.42. The number of nitrogens with zero attached hydrogens (tertiary/aromatic N) is 2. The molecular weight excluding hydrogens is 638 g/mol. The number of carbonyl (C=O) groups excluding carboxylic acids is 1. The number of benzene rings is 1. The molecule has 276 valence electrons. The number of nitro groups is 2. The van der Waals surface area contributed by atoms with Crippen molar-refractivity contribution >= 4 is 23.0 Å². The Kier molecular flexibility index (Phi) is 28.0. The monoisotopic (exact) mass is 691 g/mol. The second-order valence-corrected chi connectivity index (χ2v) is 10.1. The zero-order valence-electron chi connectivity index (χ0n) is 28.1. The summed E-state index contributed by atoms with van der Waals surface area (Å²) in [7, 11) is 0. The first kappa shape index (κ1) is 43.0. The predicted molar refractivity (Wildman–Crippen MR) is 175 cm³/mol. The number of hydrogen-bond donors (Lipinski definition) is 1. The van der Waals surface area contributed by atoms with E-state index in [1.165, 1.54) is 12.1 Å². The number of unbranched alkanes of at least 4 members (excludes halogenated alkanes) is 3. The van der Waals surface area contributed by atoms with E-state index < -0.39 is 9.85 Å². The van der Waals surface area contributed by atoms with Crippen molar-refractivity contribution in [2.24, 2.45) is 0 Å². The van der Waals surface area contributed by atoms with Gasteiger partial charge in [-0.1, -0.05) is 26.2 Å². The second kappa shape index (κ2) is 31.3. The van der Waals surface area contributed by atoms with Crippen LogP contribution >= 0.6 is 0 Å². The van der Waals surface area contributed by atoms with E-state index in [0.717, 1.165) is 31.7 Å². The summed E-state index contributed by atoms with van der Waals surface area (Å²) in [6.45, 7) is 9.32. The number of ether oxygens (including phenoxy) is 9. The van der Waals surface area contributed by atoms with Gasteiger partial charge in [-0.2, -0.15) is 0 Å². The number of esters is 1. The van der Waals surface area contributed by atoms with E-state index in [2.05, 4.69) is 12.2 Å². The van der Waals surface area contributed by atoms with Crippen LogP contribution in [-0.2, 0) is 47.4 Å². The fourth-order valence-electron chi connectivity index (χ4n) is 3.82. The maximum Gasteiger partial charge on any atom is 0.305 e. The molecule has 0 amide bonds. The van der Waals surface area contributed by atoms with Crippen LogP contribution < -0.4 is 5.32 Å². The Morgan fingerprint density at radius 3 is 1.46 bits per heavy atom. The molecule has 17 nitrogen and oxygen atoms in total. The maximum absolute atomic E-state index is 11.5. The van der Waals surface area contributed by atoms with Gasteiger partial charge in [0, 0.05) is 19.0 Å². The zero-order valence-corrected chi connectivity index (χ0v) is 28.1. The summed E-state index contributed by atoms with van der Waals surface area (Å²) in [4.78, 5) is 32.1. The summed E-state index contributed by atoms with van der Waals surface area (Å²) in [5, 5.41) is 24.8. The van der Waals surface area contributed by atoms with Gasteiger partial charge >= 0.3 is 5.97 Å². The van der Waals surface area contributed by atoms with Crippen molar-refractivity contribution < 1.29 is 57.3 Å². The number of non-ortho nitro benzene ring substituents is 1. The minimum Gasteiger partial charge on any atom is -0.463 e. The van der Waals surface area contributed by atoms with E-state index in [1.807, 2.05) is 0 Å². The molecule has 0 unspecified atom stereocenters. The van der Waals surface area contributed by atoms with Crippen LogP contribution in [0.2, 0.25) is 0 Å². The fourth-order valence-corrected chi connectivity index (χ4v) is 3.82. The average molecular weight is 692 g/mol. The zero-order chi connectivity index (χ0) is 34.9. The Hall–Kier alpha value is -3.03. The number of nitro benzene ring substituents is 2. The van der Waals surface area contributed by atoms with Gasteiger partial charge in [-0.15, -0.1) is 0 Å². The molecule has 0 radical (unpaired) electrons. The standard InChI is InChI=1S/C31H53N3O14/c1-2-3-4-5-6-31(35)48-26-25-47-24-23-46-22-21-45-20-19-44-18-17-43-16-15-42-14-13-41-12-11-40-10-9-32-29-8-7-28(33(36)37)27-30(29)34(38)39/h7-8,27,32H,2-6,9-26H2,1H3. The van der Waals surface area contributed by atoms with Gasteiger partial charge in [-0.05, 0) is 12.5 Å². The summed E-state index contributed by atoms with van der Waals surface area (Å²) >= 11 is 0. The lowest BCUT2D eigenvalue weighted by molar-refractivity contribution is -0.393. The molecular formula is C31H53N3O14. The van der Waals surface area contributed by atoms with E-state index in [9.17, 15) is 25.0 Å². The molecule has 48 heavy (non-hydrogen) atoms. The van der Waals surface area contributed by atoms with E-state index in [0.29, 0.717) is 106 Å². The molecule has 0 heterocycles. The van der Waals surface area contributed by atoms with Gasteiger partial charge in [0.15, 0.2) is 0 Å². The highest BCUT2D eigenvalue weighted by molar-refractivity contribution is 5.69. The molecule has 1 rings (SSSR count). The minimum atomic E-state index is -0.683. The quantitative estimate of drug-likeness (QED) is 0.0469. The van der Waals surface area contributed by atoms with Crippen LogP contribution in [0.3, 0.4) is 0 Å². The van der Waals surface area contributed by atoms with Crippen molar-refractivity contribution in [2.45, 2.75) is 39.0 Å². The average Bonchev–Trinajstić information content (AvgIpc) is 3.07. The molecule has 1 N–H and O–H groups in total. The highest BCUT2D eigenvalue weighted by Gasteiger charge is 2.19. The normalized spacial score (nSPS) is 11.1. The SMILES string of the molecule is CCCCCCC(=O)OCCOCCOCCOCCOCCOCCOCCOCCOCCNc1ccc([N+](=O)[O-])cc1[N+](=O)[O-]. The topological polar surface area (TPSA) is 198 Å². The van der Waals surface area contributed by atoms with Crippen LogP contribution in [-0.4, -0.2) is 135 Å². The third kappa shape index (κ3) is 25.0. The van der Waals surface area contributed by atoms with Crippen LogP contribution in [0.1, 0.15) is 39.0 Å². The highest BCUT2D eigenvalue weighted by Crippen LogP contribution is 2.28. The summed E-state index contributed by atoms with van der Waals surface area (Å²) in [5.41, 5.74) is -0.531. The lowest BCUT2D eigenvalue weighted by atomic mass is 10.2. The molecule has 0 fully saturated rings. The Bertz CT molecular complexity index is 972. The molecule has 0 saturated carbocycles. The van der Waals surface area contributed by atoms with Crippen molar-refractivity contribution in [3.63, 3.8) is 0 Å². The Labute approximate surface area is 282 Å². The first-order valence-electron chi connectivity index (χ1n) is 16.4. The van der Waals surface area contributed by atoms with E-state index in [1.54, 1.807) is 0 Å². The number of anilines is 1. The molecule has 0 aliphatic rings. The van der Waals surface area contributed by atoms with Crippen molar-refractivity contribution in [2.75, 3.05) is 124 Å². The predicted octanol–water partition coefficient (Wildman–Crippen LogP) is 3.56. The number of hydrogen-bond acceptors (Lipinski definition) is 15. The minimum absolute atomic E-state index is 0.168. The largest absolute Gasteiger partial charge is 0.463 e. The maximum atomic E-state index is 11.5. The highest BCUT2D eigenvalue weighted by atomic mass is 16.6. The third-order valence-corrected chi connectivity index (χ3v) is 6.28. The van der Waals surface area contributed by atoms with Gasteiger partial charge in [0.05, 0.1) is 122 Å². The lowest BCUT2D eigenvalue weighted by Gasteiger charge is -2.09. The molecule has 0 atom stereocenters. The van der Waals surface area contributed by atoms with E-state index in [4.69, 9.17) is 42.6 Å².